The molecule has 26 heavy (non-hydrogen) atoms. The first-order valence-corrected chi connectivity index (χ1v) is 7.99. The summed E-state index contributed by atoms with van der Waals surface area (Å²) in [6, 6.07) is 11.0. The van der Waals surface area contributed by atoms with Crippen molar-refractivity contribution in [3.8, 4) is 0 Å². The molecule has 0 atom stereocenters. The SMILES string of the molecule is CCc1ccc(C(=O)NNC(=O)c2cc([N+](=O)[O-])ccc2N(C)C)cc1. The highest BCUT2D eigenvalue weighted by atomic mass is 16.6. The number of nitrogens with zero attached hydrogens (tertiary/aromatic N) is 2. The zero-order chi connectivity index (χ0) is 19.3. The van der Waals surface area contributed by atoms with Crippen LogP contribution >= 0.6 is 0 Å². The standard InChI is InChI=1S/C18H20N4O4/c1-4-12-5-7-13(8-6-12)17(23)19-20-18(24)15-11-14(22(25)26)9-10-16(15)21(2)3/h5-11H,4H2,1-3H3,(H,19,23)(H,20,24). The molecule has 0 unspecified atom stereocenters. The van der Waals surface area contributed by atoms with Crippen molar-refractivity contribution in [2.45, 2.75) is 13.3 Å². The van der Waals surface area contributed by atoms with E-state index in [0.29, 0.717) is 11.3 Å². The molecule has 0 bridgehead atoms. The van der Waals surface area contributed by atoms with Gasteiger partial charge in [-0.3, -0.25) is 30.6 Å². The highest BCUT2D eigenvalue weighted by Gasteiger charge is 2.18. The van der Waals surface area contributed by atoms with E-state index in [9.17, 15) is 19.7 Å². The van der Waals surface area contributed by atoms with Crippen LogP contribution in [0.15, 0.2) is 42.5 Å². The van der Waals surface area contributed by atoms with E-state index in [4.69, 9.17) is 0 Å². The minimum atomic E-state index is -0.643. The van der Waals surface area contributed by atoms with Gasteiger partial charge in [-0.25, -0.2) is 0 Å². The van der Waals surface area contributed by atoms with Crippen molar-refractivity contribution in [2.75, 3.05) is 19.0 Å². The number of hydrogen-bond donors (Lipinski definition) is 2. The number of carbonyl (C=O) groups excluding carboxylic acids is 2. The molecule has 0 saturated heterocycles. The maximum absolute atomic E-state index is 12.4. The van der Waals surface area contributed by atoms with Crippen LogP contribution in [0, 0.1) is 10.1 Å². The van der Waals surface area contributed by atoms with E-state index in [1.165, 1.54) is 18.2 Å². The largest absolute Gasteiger partial charge is 0.377 e. The van der Waals surface area contributed by atoms with Gasteiger partial charge in [0, 0.05) is 37.5 Å². The number of hydrazine groups is 1. The third kappa shape index (κ3) is 4.35. The average Bonchev–Trinajstić information content (AvgIpc) is 2.65. The Labute approximate surface area is 150 Å². The van der Waals surface area contributed by atoms with E-state index >= 15 is 0 Å². The van der Waals surface area contributed by atoms with Gasteiger partial charge in [-0.1, -0.05) is 19.1 Å². The van der Waals surface area contributed by atoms with Crippen LogP contribution < -0.4 is 15.8 Å². The van der Waals surface area contributed by atoms with Crippen LogP contribution in [0.25, 0.3) is 0 Å². The van der Waals surface area contributed by atoms with Crippen LogP contribution in [0.1, 0.15) is 33.2 Å². The number of anilines is 1. The fourth-order valence-electron chi connectivity index (χ4n) is 2.35. The van der Waals surface area contributed by atoms with E-state index in [2.05, 4.69) is 10.9 Å². The summed E-state index contributed by atoms with van der Waals surface area (Å²) in [6.45, 7) is 2.01. The van der Waals surface area contributed by atoms with Crippen LogP contribution in [0.4, 0.5) is 11.4 Å². The number of rotatable bonds is 5. The van der Waals surface area contributed by atoms with Crippen LogP contribution in [0.3, 0.4) is 0 Å². The molecule has 2 aromatic rings. The Morgan fingerprint density at radius 3 is 2.19 bits per heavy atom. The van der Waals surface area contributed by atoms with E-state index in [1.807, 2.05) is 19.1 Å². The number of carbonyl (C=O) groups is 2. The number of nitro benzene ring substituents is 1. The molecule has 2 aromatic carbocycles. The molecule has 0 aliphatic heterocycles. The van der Waals surface area contributed by atoms with Gasteiger partial charge in [-0.05, 0) is 30.2 Å². The number of nitrogens with one attached hydrogen (secondary N) is 2. The van der Waals surface area contributed by atoms with Crippen molar-refractivity contribution in [3.63, 3.8) is 0 Å². The number of nitro groups is 1. The number of amides is 2. The molecule has 8 heteroatoms. The lowest BCUT2D eigenvalue weighted by Crippen LogP contribution is -2.42. The summed E-state index contributed by atoms with van der Waals surface area (Å²) in [5.41, 5.74) is 6.49. The maximum atomic E-state index is 12.4. The number of aryl methyl sites for hydroxylation is 1. The molecule has 0 radical (unpaired) electrons. The zero-order valence-corrected chi connectivity index (χ0v) is 14.8. The lowest BCUT2D eigenvalue weighted by Gasteiger charge is -2.17. The number of hydrogen-bond acceptors (Lipinski definition) is 5. The Kier molecular flexibility index (Phi) is 5.90. The molecule has 0 aliphatic rings. The minimum absolute atomic E-state index is 0.0887. The highest BCUT2D eigenvalue weighted by Crippen LogP contribution is 2.24. The van der Waals surface area contributed by atoms with E-state index in [1.54, 1.807) is 31.1 Å². The summed E-state index contributed by atoms with van der Waals surface area (Å²) < 4.78 is 0. The van der Waals surface area contributed by atoms with Crippen LogP contribution in [-0.4, -0.2) is 30.8 Å². The quantitative estimate of drug-likeness (QED) is 0.632. The van der Waals surface area contributed by atoms with E-state index < -0.39 is 16.7 Å². The summed E-state index contributed by atoms with van der Waals surface area (Å²) in [6.07, 6.45) is 0.860. The van der Waals surface area contributed by atoms with E-state index in [0.717, 1.165) is 12.0 Å². The molecule has 8 nitrogen and oxygen atoms in total. The Morgan fingerprint density at radius 2 is 1.65 bits per heavy atom. The Morgan fingerprint density at radius 1 is 1.04 bits per heavy atom. The lowest BCUT2D eigenvalue weighted by atomic mass is 10.1. The van der Waals surface area contributed by atoms with Gasteiger partial charge in [-0.15, -0.1) is 0 Å². The predicted octanol–water partition coefficient (Wildman–Crippen LogP) is 2.30. The van der Waals surface area contributed by atoms with Crippen molar-refractivity contribution in [1.29, 1.82) is 0 Å². The van der Waals surface area contributed by atoms with Crippen LogP contribution in [-0.2, 0) is 6.42 Å². The van der Waals surface area contributed by atoms with Gasteiger partial charge in [0.1, 0.15) is 0 Å². The molecule has 0 aliphatic carbocycles. The predicted molar refractivity (Wildman–Crippen MR) is 98.2 cm³/mol. The van der Waals surface area contributed by atoms with Gasteiger partial charge in [0.05, 0.1) is 10.5 Å². The van der Waals surface area contributed by atoms with Gasteiger partial charge in [0.2, 0.25) is 0 Å². The first kappa shape index (κ1) is 18.9. The normalized spacial score (nSPS) is 10.1. The lowest BCUT2D eigenvalue weighted by molar-refractivity contribution is -0.384. The molecule has 0 saturated carbocycles. The summed E-state index contributed by atoms with van der Waals surface area (Å²) in [7, 11) is 3.43. The number of non-ortho nitro benzene ring substituents is 1. The Balaban J connectivity index is 2.14. The number of benzene rings is 2. The zero-order valence-electron chi connectivity index (χ0n) is 14.8. The Hall–Kier alpha value is -3.42. The molecule has 2 amide bonds. The molecule has 2 rings (SSSR count). The molecular formula is C18H20N4O4. The van der Waals surface area contributed by atoms with Gasteiger partial charge in [-0.2, -0.15) is 0 Å². The summed E-state index contributed by atoms with van der Waals surface area (Å²) in [5.74, 6) is -1.12. The van der Waals surface area contributed by atoms with Crippen molar-refractivity contribution < 1.29 is 14.5 Å². The molecule has 0 fully saturated rings. The van der Waals surface area contributed by atoms with Gasteiger partial charge in [0.25, 0.3) is 17.5 Å². The van der Waals surface area contributed by atoms with Crippen molar-refractivity contribution in [1.82, 2.24) is 10.9 Å². The topological polar surface area (TPSA) is 105 Å². The van der Waals surface area contributed by atoms with E-state index in [-0.39, 0.29) is 11.3 Å². The van der Waals surface area contributed by atoms with Crippen LogP contribution in [0.2, 0.25) is 0 Å². The molecule has 0 heterocycles. The van der Waals surface area contributed by atoms with Crippen molar-refractivity contribution in [3.05, 3.63) is 69.3 Å². The fourth-order valence-corrected chi connectivity index (χ4v) is 2.35. The Bertz CT molecular complexity index is 832. The van der Waals surface area contributed by atoms with Crippen LogP contribution in [0.5, 0.6) is 0 Å². The second kappa shape index (κ2) is 8.11. The first-order valence-electron chi connectivity index (χ1n) is 7.99. The van der Waals surface area contributed by atoms with Gasteiger partial charge in [0.15, 0.2) is 0 Å². The fraction of sp³-hybridized carbons (Fsp3) is 0.222. The monoisotopic (exact) mass is 356 g/mol. The maximum Gasteiger partial charge on any atom is 0.272 e. The second-order valence-electron chi connectivity index (χ2n) is 5.81. The van der Waals surface area contributed by atoms with Crippen molar-refractivity contribution >= 4 is 23.2 Å². The minimum Gasteiger partial charge on any atom is -0.377 e. The average molecular weight is 356 g/mol. The summed E-state index contributed by atoms with van der Waals surface area (Å²) >= 11 is 0. The molecule has 0 aromatic heterocycles. The molecule has 0 spiro atoms. The highest BCUT2D eigenvalue weighted by molar-refractivity contribution is 6.02. The van der Waals surface area contributed by atoms with Gasteiger partial charge < -0.3 is 4.90 Å². The molecule has 136 valence electrons. The smallest absolute Gasteiger partial charge is 0.272 e. The third-order valence-electron chi connectivity index (χ3n) is 3.83. The van der Waals surface area contributed by atoms with Gasteiger partial charge >= 0.3 is 0 Å². The summed E-state index contributed by atoms with van der Waals surface area (Å²) in [5, 5.41) is 11.0. The molecule has 2 N–H and O–H groups in total. The first-order chi connectivity index (χ1) is 12.3. The molecular weight excluding hydrogens is 336 g/mol. The third-order valence-corrected chi connectivity index (χ3v) is 3.83. The summed E-state index contributed by atoms with van der Waals surface area (Å²) in [4.78, 5) is 36.6. The van der Waals surface area contributed by atoms with Crippen molar-refractivity contribution in [2.24, 2.45) is 0 Å². The second-order valence-corrected chi connectivity index (χ2v) is 5.81.